The van der Waals surface area contributed by atoms with E-state index in [-0.39, 0.29) is 11.3 Å². The zero-order chi connectivity index (χ0) is 12.3. The molecule has 6 heteroatoms. The molecule has 0 unspecified atom stereocenters. The third-order valence-corrected chi connectivity index (χ3v) is 2.21. The number of aliphatic hydroxyl groups excluding tert-OH is 1. The fourth-order valence-corrected chi connectivity index (χ4v) is 1.21. The first kappa shape index (κ1) is 12.8. The van der Waals surface area contributed by atoms with Gasteiger partial charge in [0.15, 0.2) is 0 Å². The van der Waals surface area contributed by atoms with E-state index in [2.05, 4.69) is 0 Å². The van der Waals surface area contributed by atoms with Crippen molar-refractivity contribution in [3.05, 3.63) is 29.6 Å². The number of hydrogen-bond acceptors (Lipinski definition) is 3. The second-order valence-corrected chi connectivity index (χ2v) is 3.28. The maximum Gasteiger partial charge on any atom is 0.289 e. The van der Waals surface area contributed by atoms with Gasteiger partial charge in [-0.25, -0.2) is 13.2 Å². The van der Waals surface area contributed by atoms with Crippen molar-refractivity contribution in [3.63, 3.8) is 0 Å². The Balaban J connectivity index is 3.05. The van der Waals surface area contributed by atoms with E-state index >= 15 is 0 Å². The summed E-state index contributed by atoms with van der Waals surface area (Å²) in [5, 5.41) is 8.44. The van der Waals surface area contributed by atoms with Gasteiger partial charge in [0.25, 0.3) is 5.92 Å². The monoisotopic (exact) mass is 235 g/mol. The highest BCUT2D eigenvalue weighted by molar-refractivity contribution is 5.31. The van der Waals surface area contributed by atoms with Crippen LogP contribution in [0.15, 0.2) is 18.2 Å². The number of aliphatic hydroxyl groups is 1. The van der Waals surface area contributed by atoms with Crippen molar-refractivity contribution in [2.45, 2.75) is 12.0 Å². The summed E-state index contributed by atoms with van der Waals surface area (Å²) < 4.78 is 44.1. The maximum absolute atomic E-state index is 13.4. The quantitative estimate of drug-likeness (QED) is 0.830. The third kappa shape index (κ3) is 2.45. The lowest BCUT2D eigenvalue weighted by molar-refractivity contribution is -0.0718. The number of rotatable bonds is 4. The zero-order valence-electron chi connectivity index (χ0n) is 8.58. The van der Waals surface area contributed by atoms with Crippen LogP contribution in [0, 0.1) is 5.82 Å². The summed E-state index contributed by atoms with van der Waals surface area (Å²) in [4.78, 5) is 0. The van der Waals surface area contributed by atoms with Crippen LogP contribution in [0.2, 0.25) is 0 Å². The van der Waals surface area contributed by atoms with E-state index in [0.717, 1.165) is 12.1 Å². The van der Waals surface area contributed by atoms with E-state index in [1.807, 2.05) is 0 Å². The normalized spacial score (nSPS) is 13.6. The van der Waals surface area contributed by atoms with E-state index in [0.29, 0.717) is 0 Å². The van der Waals surface area contributed by atoms with Crippen LogP contribution in [0.5, 0.6) is 5.75 Å². The summed E-state index contributed by atoms with van der Waals surface area (Å²) in [5.41, 5.74) is 4.82. The molecule has 0 radical (unpaired) electrons. The largest absolute Gasteiger partial charge is 0.497 e. The molecule has 0 bridgehead atoms. The summed E-state index contributed by atoms with van der Waals surface area (Å²) in [6.45, 7) is -1.43. The van der Waals surface area contributed by atoms with Gasteiger partial charge in [0, 0.05) is 11.6 Å². The third-order valence-electron chi connectivity index (χ3n) is 2.21. The van der Waals surface area contributed by atoms with Crippen LogP contribution in [-0.4, -0.2) is 24.7 Å². The van der Waals surface area contributed by atoms with Crippen molar-refractivity contribution in [3.8, 4) is 5.75 Å². The number of alkyl halides is 2. The van der Waals surface area contributed by atoms with Crippen molar-refractivity contribution in [1.29, 1.82) is 0 Å². The van der Waals surface area contributed by atoms with Crippen LogP contribution in [0.25, 0.3) is 0 Å². The van der Waals surface area contributed by atoms with Gasteiger partial charge in [-0.05, 0) is 6.07 Å². The molecule has 0 aliphatic heterocycles. The number of hydrogen-bond donors (Lipinski definition) is 2. The smallest absolute Gasteiger partial charge is 0.289 e. The minimum absolute atomic E-state index is 0.209. The van der Waals surface area contributed by atoms with E-state index < -0.39 is 24.4 Å². The molecular weight excluding hydrogens is 223 g/mol. The number of methoxy groups -OCH3 is 1. The standard InChI is InChI=1S/C10H12F3NO2/c1-16-6-2-3-7(8(11)4-6)9(14)10(12,13)5-15/h2-4,9,15H,5,14H2,1H3/t9-/m0/s1. The molecule has 1 atom stereocenters. The molecule has 0 fully saturated rings. The van der Waals surface area contributed by atoms with Gasteiger partial charge in [-0.2, -0.15) is 0 Å². The van der Waals surface area contributed by atoms with Crippen LogP contribution >= 0.6 is 0 Å². The molecule has 3 nitrogen and oxygen atoms in total. The van der Waals surface area contributed by atoms with Gasteiger partial charge in [-0.1, -0.05) is 6.07 Å². The van der Waals surface area contributed by atoms with Crippen LogP contribution in [0.1, 0.15) is 11.6 Å². The molecule has 16 heavy (non-hydrogen) atoms. The molecule has 1 rings (SSSR count). The Morgan fingerprint density at radius 2 is 2.12 bits per heavy atom. The number of halogens is 3. The van der Waals surface area contributed by atoms with E-state index in [1.165, 1.54) is 13.2 Å². The van der Waals surface area contributed by atoms with E-state index in [1.54, 1.807) is 0 Å². The first-order valence-corrected chi connectivity index (χ1v) is 4.50. The van der Waals surface area contributed by atoms with Gasteiger partial charge in [0.2, 0.25) is 0 Å². The summed E-state index contributed by atoms with van der Waals surface area (Å²) >= 11 is 0. The number of nitrogens with two attached hydrogens (primary N) is 1. The van der Waals surface area contributed by atoms with Crippen LogP contribution in [-0.2, 0) is 0 Å². The molecule has 0 amide bonds. The van der Waals surface area contributed by atoms with Gasteiger partial charge in [-0.3, -0.25) is 0 Å². The summed E-state index contributed by atoms with van der Waals surface area (Å²) in [6, 6.07) is 1.51. The van der Waals surface area contributed by atoms with Crippen molar-refractivity contribution in [2.24, 2.45) is 5.73 Å². The van der Waals surface area contributed by atoms with Crippen molar-refractivity contribution in [1.82, 2.24) is 0 Å². The van der Waals surface area contributed by atoms with Crippen LogP contribution < -0.4 is 10.5 Å². The lowest BCUT2D eigenvalue weighted by atomic mass is 10.0. The molecule has 0 heterocycles. The second-order valence-electron chi connectivity index (χ2n) is 3.28. The average Bonchev–Trinajstić information content (AvgIpc) is 2.28. The molecule has 0 saturated carbocycles. The fourth-order valence-electron chi connectivity index (χ4n) is 1.21. The first-order chi connectivity index (χ1) is 7.42. The van der Waals surface area contributed by atoms with Gasteiger partial charge in [-0.15, -0.1) is 0 Å². The Kier molecular flexibility index (Phi) is 3.77. The van der Waals surface area contributed by atoms with Crippen molar-refractivity contribution in [2.75, 3.05) is 13.7 Å². The van der Waals surface area contributed by atoms with Gasteiger partial charge < -0.3 is 15.6 Å². The summed E-state index contributed by atoms with van der Waals surface area (Å²) in [6.07, 6.45) is 0. The SMILES string of the molecule is COc1ccc([C@H](N)C(F)(F)CO)c(F)c1. The Morgan fingerprint density at radius 1 is 1.50 bits per heavy atom. The molecule has 0 aliphatic rings. The zero-order valence-corrected chi connectivity index (χ0v) is 8.58. The predicted molar refractivity (Wildman–Crippen MR) is 51.9 cm³/mol. The first-order valence-electron chi connectivity index (χ1n) is 4.50. The van der Waals surface area contributed by atoms with E-state index in [9.17, 15) is 13.2 Å². The summed E-state index contributed by atoms with van der Waals surface area (Å²) in [5.74, 6) is -4.24. The Hall–Kier alpha value is -1.27. The highest BCUT2D eigenvalue weighted by Gasteiger charge is 2.38. The van der Waals surface area contributed by atoms with Crippen molar-refractivity contribution >= 4 is 0 Å². The molecule has 0 aromatic heterocycles. The van der Waals surface area contributed by atoms with Gasteiger partial charge in [0.1, 0.15) is 18.2 Å². The Morgan fingerprint density at radius 3 is 2.56 bits per heavy atom. The minimum atomic E-state index is -3.56. The molecule has 90 valence electrons. The van der Waals surface area contributed by atoms with Crippen LogP contribution in [0.4, 0.5) is 13.2 Å². The molecular formula is C10H12F3NO2. The molecule has 3 N–H and O–H groups in total. The van der Waals surface area contributed by atoms with Crippen molar-refractivity contribution < 1.29 is 23.0 Å². The maximum atomic E-state index is 13.4. The Bertz CT molecular complexity index is 371. The topological polar surface area (TPSA) is 55.5 Å². The van der Waals surface area contributed by atoms with Gasteiger partial charge >= 0.3 is 0 Å². The Labute approximate surface area is 90.6 Å². The summed E-state index contributed by atoms with van der Waals surface area (Å²) in [7, 11) is 1.33. The van der Waals surface area contributed by atoms with E-state index in [4.69, 9.17) is 15.6 Å². The predicted octanol–water partition coefficient (Wildman–Crippen LogP) is 1.46. The molecule has 1 aromatic rings. The fraction of sp³-hybridized carbons (Fsp3) is 0.400. The highest BCUT2D eigenvalue weighted by atomic mass is 19.3. The molecule has 0 spiro atoms. The number of ether oxygens (including phenoxy) is 1. The second kappa shape index (κ2) is 4.71. The minimum Gasteiger partial charge on any atom is -0.497 e. The lowest BCUT2D eigenvalue weighted by Crippen LogP contribution is -2.36. The molecule has 0 aliphatic carbocycles. The highest BCUT2D eigenvalue weighted by Crippen LogP contribution is 2.31. The van der Waals surface area contributed by atoms with Gasteiger partial charge in [0.05, 0.1) is 13.2 Å². The average molecular weight is 235 g/mol. The lowest BCUT2D eigenvalue weighted by Gasteiger charge is -2.22. The molecule has 1 aromatic carbocycles. The number of benzene rings is 1. The molecule has 0 saturated heterocycles. The van der Waals surface area contributed by atoms with Crippen LogP contribution in [0.3, 0.4) is 0 Å².